The second-order valence-electron chi connectivity index (χ2n) is 4.59. The van der Waals surface area contributed by atoms with E-state index in [2.05, 4.69) is 10.2 Å². The van der Waals surface area contributed by atoms with Crippen LogP contribution in [0.25, 0.3) is 10.9 Å². The molecule has 0 radical (unpaired) electrons. The van der Waals surface area contributed by atoms with Gasteiger partial charge in [0.05, 0.1) is 5.52 Å². The highest BCUT2D eigenvalue weighted by molar-refractivity contribution is 6.01. The maximum atomic E-state index is 11.1. The van der Waals surface area contributed by atoms with Crippen molar-refractivity contribution in [1.29, 1.82) is 0 Å². The summed E-state index contributed by atoms with van der Waals surface area (Å²) in [6, 6.07) is 14.6. The third kappa shape index (κ3) is 3.01. The topological polar surface area (TPSA) is 84.4 Å². The normalized spacial score (nSPS) is 10.5. The van der Waals surface area contributed by atoms with Gasteiger partial charge in [-0.05, 0) is 30.3 Å². The molecule has 0 aliphatic carbocycles. The number of rotatable bonds is 6. The van der Waals surface area contributed by atoms with Crippen molar-refractivity contribution in [3.8, 4) is 11.5 Å². The van der Waals surface area contributed by atoms with Gasteiger partial charge in [0.1, 0.15) is 24.7 Å². The van der Waals surface area contributed by atoms with E-state index in [9.17, 15) is 4.79 Å². The lowest BCUT2D eigenvalue weighted by atomic mass is 10.2. The van der Waals surface area contributed by atoms with Gasteiger partial charge in [-0.25, -0.2) is 4.79 Å². The lowest BCUT2D eigenvalue weighted by Crippen LogP contribution is -2.08. The van der Waals surface area contributed by atoms with Crippen molar-refractivity contribution in [2.24, 2.45) is 0 Å². The Bertz CT molecular complexity index is 783. The van der Waals surface area contributed by atoms with E-state index in [1.54, 1.807) is 18.2 Å². The Kier molecular flexibility index (Phi) is 3.91. The predicted octanol–water partition coefficient (Wildman–Crippen LogP) is 2.72. The van der Waals surface area contributed by atoms with Gasteiger partial charge in [0, 0.05) is 5.39 Å². The minimum atomic E-state index is -1.07. The van der Waals surface area contributed by atoms with Gasteiger partial charge in [0.2, 0.25) is 0 Å². The number of hydrogen-bond donors (Lipinski definition) is 2. The number of nitrogens with one attached hydrogen (secondary N) is 1. The van der Waals surface area contributed by atoms with Gasteiger partial charge in [-0.2, -0.15) is 5.10 Å². The van der Waals surface area contributed by atoms with Gasteiger partial charge in [-0.1, -0.05) is 18.2 Å². The van der Waals surface area contributed by atoms with Crippen LogP contribution >= 0.6 is 0 Å². The minimum absolute atomic E-state index is 0.0130. The number of hydrogen-bond acceptors (Lipinski definition) is 4. The number of aromatic carboxylic acids is 1. The summed E-state index contributed by atoms with van der Waals surface area (Å²) in [5, 5.41) is 16.0. The molecule has 6 heteroatoms. The van der Waals surface area contributed by atoms with Crippen molar-refractivity contribution in [2.45, 2.75) is 0 Å². The minimum Gasteiger partial charge on any atom is -0.490 e. The SMILES string of the molecule is O=C(O)c1n[nH]c2ccc(OCCOc3ccccc3)cc12. The molecule has 0 unspecified atom stereocenters. The molecule has 0 spiro atoms. The molecule has 1 heterocycles. The molecule has 3 aromatic rings. The highest BCUT2D eigenvalue weighted by Gasteiger charge is 2.13. The largest absolute Gasteiger partial charge is 0.490 e. The van der Waals surface area contributed by atoms with E-state index in [0.29, 0.717) is 29.9 Å². The molecule has 0 bridgehead atoms. The molecule has 2 N–H and O–H groups in total. The first-order valence-electron chi connectivity index (χ1n) is 6.76. The monoisotopic (exact) mass is 298 g/mol. The van der Waals surface area contributed by atoms with Crippen molar-refractivity contribution in [3.05, 3.63) is 54.2 Å². The van der Waals surface area contributed by atoms with Crippen molar-refractivity contribution >= 4 is 16.9 Å². The number of H-pyrrole nitrogens is 1. The van der Waals surface area contributed by atoms with Crippen LogP contribution in [0, 0.1) is 0 Å². The fourth-order valence-corrected chi connectivity index (χ4v) is 2.08. The first kappa shape index (κ1) is 13.9. The molecule has 0 saturated heterocycles. The van der Waals surface area contributed by atoms with Crippen LogP contribution in [0.3, 0.4) is 0 Å². The lowest BCUT2D eigenvalue weighted by molar-refractivity contribution is 0.0692. The average molecular weight is 298 g/mol. The molecular weight excluding hydrogens is 284 g/mol. The van der Waals surface area contributed by atoms with E-state index >= 15 is 0 Å². The molecule has 112 valence electrons. The first-order chi connectivity index (χ1) is 10.7. The summed E-state index contributed by atoms with van der Waals surface area (Å²) in [7, 11) is 0. The summed E-state index contributed by atoms with van der Waals surface area (Å²) in [5.41, 5.74) is 0.645. The van der Waals surface area contributed by atoms with E-state index in [1.165, 1.54) is 0 Å². The number of carboxylic acid groups (broad SMARTS) is 1. The third-order valence-corrected chi connectivity index (χ3v) is 3.10. The second-order valence-corrected chi connectivity index (χ2v) is 4.59. The van der Waals surface area contributed by atoms with Crippen LogP contribution < -0.4 is 9.47 Å². The molecule has 6 nitrogen and oxygen atoms in total. The fourth-order valence-electron chi connectivity index (χ4n) is 2.08. The zero-order valence-electron chi connectivity index (χ0n) is 11.7. The number of benzene rings is 2. The van der Waals surface area contributed by atoms with Crippen molar-refractivity contribution < 1.29 is 19.4 Å². The summed E-state index contributed by atoms with van der Waals surface area (Å²) in [6.07, 6.45) is 0. The second kappa shape index (κ2) is 6.17. The molecule has 0 saturated carbocycles. The molecule has 1 aromatic heterocycles. The number of nitrogens with zero attached hydrogens (tertiary/aromatic N) is 1. The Morgan fingerprint density at radius 1 is 1.05 bits per heavy atom. The highest BCUT2D eigenvalue weighted by Crippen LogP contribution is 2.22. The van der Waals surface area contributed by atoms with Crippen LogP contribution in [0.4, 0.5) is 0 Å². The van der Waals surface area contributed by atoms with E-state index in [4.69, 9.17) is 14.6 Å². The molecule has 0 amide bonds. The number of ether oxygens (including phenoxy) is 2. The van der Waals surface area contributed by atoms with Gasteiger partial charge < -0.3 is 14.6 Å². The van der Waals surface area contributed by atoms with Crippen molar-refractivity contribution in [3.63, 3.8) is 0 Å². The van der Waals surface area contributed by atoms with Crippen LogP contribution in [0.5, 0.6) is 11.5 Å². The average Bonchev–Trinajstić information content (AvgIpc) is 2.96. The van der Waals surface area contributed by atoms with Crippen molar-refractivity contribution in [1.82, 2.24) is 10.2 Å². The van der Waals surface area contributed by atoms with Gasteiger partial charge in [0.15, 0.2) is 5.69 Å². The standard InChI is InChI=1S/C16H14N2O4/c19-16(20)15-13-10-12(6-7-14(13)17-18-15)22-9-8-21-11-4-2-1-3-5-11/h1-7,10H,8-9H2,(H,17,18)(H,19,20). The third-order valence-electron chi connectivity index (χ3n) is 3.10. The van der Waals surface area contributed by atoms with Gasteiger partial charge in [-0.3, -0.25) is 5.10 Å². The van der Waals surface area contributed by atoms with Gasteiger partial charge >= 0.3 is 5.97 Å². The van der Waals surface area contributed by atoms with Crippen LogP contribution in [-0.4, -0.2) is 34.5 Å². The van der Waals surface area contributed by atoms with E-state index in [0.717, 1.165) is 5.75 Å². The van der Waals surface area contributed by atoms with Crippen LogP contribution in [0.15, 0.2) is 48.5 Å². The zero-order chi connectivity index (χ0) is 15.4. The number of carbonyl (C=O) groups is 1. The summed E-state index contributed by atoms with van der Waals surface area (Å²) in [6.45, 7) is 0.764. The van der Waals surface area contributed by atoms with Gasteiger partial charge in [-0.15, -0.1) is 0 Å². The molecule has 0 aliphatic rings. The number of aromatic amines is 1. The number of para-hydroxylation sites is 1. The van der Waals surface area contributed by atoms with E-state index in [-0.39, 0.29) is 5.69 Å². The zero-order valence-corrected chi connectivity index (χ0v) is 11.7. The lowest BCUT2D eigenvalue weighted by Gasteiger charge is -2.08. The Balaban J connectivity index is 1.62. The maximum absolute atomic E-state index is 11.1. The Hall–Kier alpha value is -3.02. The summed E-state index contributed by atoms with van der Waals surface area (Å²) < 4.78 is 11.1. The van der Waals surface area contributed by atoms with E-state index < -0.39 is 5.97 Å². The van der Waals surface area contributed by atoms with Crippen LogP contribution in [0.1, 0.15) is 10.5 Å². The van der Waals surface area contributed by atoms with E-state index in [1.807, 2.05) is 30.3 Å². The molecule has 0 aliphatic heterocycles. The van der Waals surface area contributed by atoms with Gasteiger partial charge in [0.25, 0.3) is 0 Å². The fraction of sp³-hybridized carbons (Fsp3) is 0.125. The molecule has 0 atom stereocenters. The molecule has 2 aromatic carbocycles. The smallest absolute Gasteiger partial charge is 0.357 e. The highest BCUT2D eigenvalue weighted by atomic mass is 16.5. The van der Waals surface area contributed by atoms with Crippen molar-refractivity contribution in [2.75, 3.05) is 13.2 Å². The Labute approximate surface area is 126 Å². The molecule has 22 heavy (non-hydrogen) atoms. The maximum Gasteiger partial charge on any atom is 0.357 e. The Morgan fingerprint density at radius 3 is 2.50 bits per heavy atom. The van der Waals surface area contributed by atoms with Crippen LogP contribution in [0.2, 0.25) is 0 Å². The number of fused-ring (bicyclic) bond motifs is 1. The first-order valence-corrected chi connectivity index (χ1v) is 6.76. The number of aromatic nitrogens is 2. The molecular formula is C16H14N2O4. The number of carboxylic acids is 1. The Morgan fingerprint density at radius 2 is 1.77 bits per heavy atom. The molecule has 3 rings (SSSR count). The quantitative estimate of drug-likeness (QED) is 0.683. The molecule has 0 fully saturated rings. The predicted molar refractivity (Wildman–Crippen MR) is 80.5 cm³/mol. The summed E-state index contributed by atoms with van der Waals surface area (Å²) >= 11 is 0. The van der Waals surface area contributed by atoms with Crippen LogP contribution in [-0.2, 0) is 0 Å². The summed E-state index contributed by atoms with van der Waals surface area (Å²) in [5.74, 6) is 0.286. The summed E-state index contributed by atoms with van der Waals surface area (Å²) in [4.78, 5) is 11.1.